The molecule has 1 rings (SSSR count). The quantitative estimate of drug-likeness (QED) is 0.827. The van der Waals surface area contributed by atoms with Gasteiger partial charge in [0.25, 0.3) is 0 Å². The molecule has 0 heterocycles. The van der Waals surface area contributed by atoms with Gasteiger partial charge in [0.1, 0.15) is 5.82 Å². The van der Waals surface area contributed by atoms with Crippen molar-refractivity contribution >= 4 is 17.4 Å². The molecule has 17 heavy (non-hydrogen) atoms. The van der Waals surface area contributed by atoms with E-state index in [0.29, 0.717) is 5.02 Å². The third kappa shape index (κ3) is 3.05. The molecule has 4 heteroatoms. The summed E-state index contributed by atoms with van der Waals surface area (Å²) in [5.74, 6) is -0.491. The summed E-state index contributed by atoms with van der Waals surface area (Å²) in [5, 5.41) is 0.299. The summed E-state index contributed by atoms with van der Waals surface area (Å²) in [6, 6.07) is 4.44. The first-order valence-corrected chi connectivity index (χ1v) is 5.78. The number of rotatable bonds is 4. The third-order valence-corrected chi connectivity index (χ3v) is 3.55. The van der Waals surface area contributed by atoms with Crippen molar-refractivity contribution < 1.29 is 9.18 Å². The van der Waals surface area contributed by atoms with E-state index in [2.05, 4.69) is 0 Å². The molecule has 0 aromatic heterocycles. The van der Waals surface area contributed by atoms with Crippen LogP contribution in [0.5, 0.6) is 0 Å². The van der Waals surface area contributed by atoms with Crippen molar-refractivity contribution in [2.45, 2.75) is 25.8 Å². The van der Waals surface area contributed by atoms with Crippen LogP contribution in [0.1, 0.15) is 19.4 Å². The van der Waals surface area contributed by atoms with Crippen LogP contribution in [-0.2, 0) is 11.2 Å². The summed E-state index contributed by atoms with van der Waals surface area (Å²) in [7, 11) is 3.64. The van der Waals surface area contributed by atoms with Gasteiger partial charge in [0.05, 0.1) is 5.54 Å². The van der Waals surface area contributed by atoms with E-state index in [1.807, 2.05) is 32.8 Å². The van der Waals surface area contributed by atoms with Gasteiger partial charge < -0.3 is 0 Å². The minimum absolute atomic E-state index is 0.0106. The molecule has 94 valence electrons. The van der Waals surface area contributed by atoms with Crippen LogP contribution in [0.25, 0.3) is 0 Å². The molecule has 0 amide bonds. The van der Waals surface area contributed by atoms with Crippen LogP contribution in [0.4, 0.5) is 4.39 Å². The second-order valence-electron chi connectivity index (χ2n) is 4.75. The monoisotopic (exact) mass is 257 g/mol. The SMILES string of the molecule is CN(C)C(C)(C)C(=O)Cc1c(F)cccc1Cl. The molecule has 0 fully saturated rings. The molecule has 0 saturated heterocycles. The summed E-state index contributed by atoms with van der Waals surface area (Å²) in [6.07, 6.45) is 0.0106. The van der Waals surface area contributed by atoms with E-state index in [4.69, 9.17) is 11.6 Å². The Morgan fingerprint density at radius 3 is 2.47 bits per heavy atom. The molecule has 0 N–H and O–H groups in total. The second kappa shape index (κ2) is 5.15. The van der Waals surface area contributed by atoms with Crippen molar-refractivity contribution in [2.75, 3.05) is 14.1 Å². The van der Waals surface area contributed by atoms with Crippen LogP contribution >= 0.6 is 11.6 Å². The summed E-state index contributed by atoms with van der Waals surface area (Å²) in [5.41, 5.74) is -0.361. The number of hydrogen-bond donors (Lipinski definition) is 0. The number of nitrogens with zero attached hydrogens (tertiary/aromatic N) is 1. The summed E-state index contributed by atoms with van der Waals surface area (Å²) in [6.45, 7) is 3.62. The summed E-state index contributed by atoms with van der Waals surface area (Å²) >= 11 is 5.90. The molecule has 1 aromatic carbocycles. The molecule has 0 aliphatic carbocycles. The Labute approximate surface area is 106 Å². The first-order valence-electron chi connectivity index (χ1n) is 5.40. The molecule has 0 bridgehead atoms. The van der Waals surface area contributed by atoms with Crippen LogP contribution in [0.15, 0.2) is 18.2 Å². The van der Waals surface area contributed by atoms with Crippen LogP contribution < -0.4 is 0 Å². The van der Waals surface area contributed by atoms with Gasteiger partial charge in [-0.3, -0.25) is 9.69 Å². The van der Waals surface area contributed by atoms with Crippen LogP contribution in [-0.4, -0.2) is 30.3 Å². The first-order chi connectivity index (χ1) is 7.76. The lowest BCUT2D eigenvalue weighted by molar-refractivity contribution is -0.127. The molecule has 0 aliphatic heterocycles. The number of ketones is 1. The molecule has 0 saturated carbocycles. The Balaban J connectivity index is 2.96. The highest BCUT2D eigenvalue weighted by Crippen LogP contribution is 2.22. The van der Waals surface area contributed by atoms with Crippen molar-refractivity contribution in [3.63, 3.8) is 0 Å². The second-order valence-corrected chi connectivity index (χ2v) is 5.16. The average molecular weight is 258 g/mol. The molecule has 0 spiro atoms. The van der Waals surface area contributed by atoms with Gasteiger partial charge in [-0.15, -0.1) is 0 Å². The Morgan fingerprint density at radius 2 is 2.00 bits per heavy atom. The molecular formula is C13H17ClFNO. The highest BCUT2D eigenvalue weighted by atomic mass is 35.5. The maximum Gasteiger partial charge on any atom is 0.157 e. The topological polar surface area (TPSA) is 20.3 Å². The lowest BCUT2D eigenvalue weighted by Gasteiger charge is -2.31. The van der Waals surface area contributed by atoms with Crippen molar-refractivity contribution in [1.82, 2.24) is 4.90 Å². The van der Waals surface area contributed by atoms with Gasteiger partial charge in [0, 0.05) is 17.0 Å². The highest BCUT2D eigenvalue weighted by Gasteiger charge is 2.30. The zero-order chi connectivity index (χ0) is 13.2. The zero-order valence-electron chi connectivity index (χ0n) is 10.6. The number of benzene rings is 1. The van der Waals surface area contributed by atoms with Gasteiger partial charge >= 0.3 is 0 Å². The number of halogens is 2. The lowest BCUT2D eigenvalue weighted by atomic mass is 9.92. The Kier molecular flexibility index (Phi) is 4.28. The van der Waals surface area contributed by atoms with Gasteiger partial charge in [0.2, 0.25) is 0 Å². The molecule has 0 unspecified atom stereocenters. The number of likely N-dealkylation sites (N-methyl/N-ethyl adjacent to an activating group) is 1. The minimum atomic E-state index is -0.633. The fourth-order valence-corrected chi connectivity index (χ4v) is 1.56. The van der Waals surface area contributed by atoms with Crippen molar-refractivity contribution in [3.05, 3.63) is 34.6 Å². The van der Waals surface area contributed by atoms with Gasteiger partial charge in [-0.1, -0.05) is 17.7 Å². The van der Waals surface area contributed by atoms with Crippen LogP contribution in [0.3, 0.4) is 0 Å². The summed E-state index contributed by atoms with van der Waals surface area (Å²) < 4.78 is 13.5. The third-order valence-electron chi connectivity index (χ3n) is 3.20. The van der Waals surface area contributed by atoms with Gasteiger partial charge in [-0.2, -0.15) is 0 Å². The maximum absolute atomic E-state index is 13.5. The largest absolute Gasteiger partial charge is 0.298 e. The van der Waals surface area contributed by atoms with Crippen LogP contribution in [0, 0.1) is 5.82 Å². The van der Waals surface area contributed by atoms with E-state index in [-0.39, 0.29) is 17.8 Å². The summed E-state index contributed by atoms with van der Waals surface area (Å²) in [4.78, 5) is 13.9. The van der Waals surface area contributed by atoms with E-state index >= 15 is 0 Å². The standard InChI is InChI=1S/C13H17ClFNO/c1-13(2,16(3)4)12(17)8-9-10(14)6-5-7-11(9)15/h5-7H,8H2,1-4H3. The predicted octanol–water partition coefficient (Wildman–Crippen LogP) is 2.93. The Hall–Kier alpha value is -0.930. The predicted molar refractivity (Wildman–Crippen MR) is 67.9 cm³/mol. The van der Waals surface area contributed by atoms with E-state index < -0.39 is 11.4 Å². The van der Waals surface area contributed by atoms with E-state index in [0.717, 1.165) is 0 Å². The Morgan fingerprint density at radius 1 is 1.41 bits per heavy atom. The number of carbonyl (C=O) groups excluding carboxylic acids is 1. The number of Topliss-reactive ketones (excluding diaryl/α,β-unsaturated/α-hetero) is 1. The fourth-order valence-electron chi connectivity index (χ4n) is 1.33. The Bertz CT molecular complexity index is 409. The lowest BCUT2D eigenvalue weighted by Crippen LogP contribution is -2.46. The maximum atomic E-state index is 13.5. The van der Waals surface area contributed by atoms with Crippen LogP contribution in [0.2, 0.25) is 5.02 Å². The van der Waals surface area contributed by atoms with Crippen molar-refractivity contribution in [1.29, 1.82) is 0 Å². The minimum Gasteiger partial charge on any atom is -0.298 e. The van der Waals surface area contributed by atoms with Gasteiger partial charge in [-0.25, -0.2) is 4.39 Å². The highest BCUT2D eigenvalue weighted by molar-refractivity contribution is 6.31. The molecule has 0 radical (unpaired) electrons. The average Bonchev–Trinajstić information content (AvgIpc) is 2.23. The van der Waals surface area contributed by atoms with Crippen molar-refractivity contribution in [3.8, 4) is 0 Å². The normalized spacial score (nSPS) is 11.9. The van der Waals surface area contributed by atoms with Gasteiger partial charge in [-0.05, 0) is 40.1 Å². The zero-order valence-corrected chi connectivity index (χ0v) is 11.3. The molecule has 1 aromatic rings. The number of carbonyl (C=O) groups is 1. The molecule has 0 aliphatic rings. The van der Waals surface area contributed by atoms with E-state index in [1.54, 1.807) is 6.07 Å². The smallest absolute Gasteiger partial charge is 0.157 e. The van der Waals surface area contributed by atoms with Crippen molar-refractivity contribution in [2.24, 2.45) is 0 Å². The van der Waals surface area contributed by atoms with E-state index in [9.17, 15) is 9.18 Å². The molecule has 2 nitrogen and oxygen atoms in total. The van der Waals surface area contributed by atoms with E-state index in [1.165, 1.54) is 12.1 Å². The first kappa shape index (κ1) is 14.1. The molecular weight excluding hydrogens is 241 g/mol. The number of hydrogen-bond acceptors (Lipinski definition) is 2. The molecule has 0 atom stereocenters. The fraction of sp³-hybridized carbons (Fsp3) is 0.462. The van der Waals surface area contributed by atoms with Gasteiger partial charge in [0.15, 0.2) is 5.78 Å².